The highest BCUT2D eigenvalue weighted by Gasteiger charge is 2.29. The van der Waals surface area contributed by atoms with E-state index in [4.69, 9.17) is 11.6 Å². The van der Waals surface area contributed by atoms with Gasteiger partial charge in [0.15, 0.2) is 0 Å². The SMILES string of the molecule is CC(=O)NC(CSc1ccc(C)c(Cl)c1)C(=O)N1CCC(Cc2ccccc2)CC1. The van der Waals surface area contributed by atoms with E-state index in [-0.39, 0.29) is 11.8 Å². The Morgan fingerprint density at radius 1 is 1.17 bits per heavy atom. The largest absolute Gasteiger partial charge is 0.344 e. The molecular formula is C24H29ClN2O2S. The zero-order chi connectivity index (χ0) is 21.5. The van der Waals surface area contributed by atoms with Crippen molar-refractivity contribution in [1.29, 1.82) is 0 Å². The van der Waals surface area contributed by atoms with Crippen molar-refractivity contribution in [3.63, 3.8) is 0 Å². The fourth-order valence-electron chi connectivity index (χ4n) is 3.79. The highest BCUT2D eigenvalue weighted by atomic mass is 35.5. The van der Waals surface area contributed by atoms with Crippen LogP contribution in [-0.4, -0.2) is 41.6 Å². The van der Waals surface area contributed by atoms with Gasteiger partial charge in [-0.3, -0.25) is 9.59 Å². The first kappa shape index (κ1) is 22.7. The Hall–Kier alpha value is -1.98. The third-order valence-electron chi connectivity index (χ3n) is 5.53. The summed E-state index contributed by atoms with van der Waals surface area (Å²) in [5, 5.41) is 3.55. The third kappa shape index (κ3) is 6.51. The molecule has 2 aromatic carbocycles. The van der Waals surface area contributed by atoms with Gasteiger partial charge < -0.3 is 10.2 Å². The number of rotatable bonds is 7. The van der Waals surface area contributed by atoms with Crippen molar-refractivity contribution in [1.82, 2.24) is 10.2 Å². The number of halogens is 1. The Morgan fingerprint density at radius 2 is 1.87 bits per heavy atom. The Balaban J connectivity index is 1.55. The van der Waals surface area contributed by atoms with Crippen LogP contribution in [0.1, 0.15) is 30.9 Å². The van der Waals surface area contributed by atoms with Gasteiger partial charge in [-0.15, -0.1) is 11.8 Å². The molecule has 2 aromatic rings. The van der Waals surface area contributed by atoms with Crippen molar-refractivity contribution in [2.75, 3.05) is 18.8 Å². The standard InChI is InChI=1S/C24H29ClN2O2S/c1-17-8-9-21(15-22(17)25)30-16-23(26-18(2)28)24(29)27-12-10-20(11-13-27)14-19-6-4-3-5-7-19/h3-9,15,20,23H,10-14,16H2,1-2H3,(H,26,28). The molecule has 160 valence electrons. The Labute approximate surface area is 188 Å². The molecule has 2 amide bonds. The van der Waals surface area contributed by atoms with E-state index in [0.717, 1.165) is 42.8 Å². The number of likely N-dealkylation sites (tertiary alicyclic amines) is 1. The minimum atomic E-state index is -0.529. The molecule has 0 spiro atoms. The fraction of sp³-hybridized carbons (Fsp3) is 0.417. The van der Waals surface area contributed by atoms with Gasteiger partial charge in [-0.1, -0.05) is 48.0 Å². The normalized spacial score (nSPS) is 15.6. The maximum Gasteiger partial charge on any atom is 0.246 e. The van der Waals surface area contributed by atoms with Gasteiger partial charge in [0.05, 0.1) is 0 Å². The van der Waals surface area contributed by atoms with Gasteiger partial charge in [-0.2, -0.15) is 0 Å². The molecule has 0 radical (unpaired) electrons. The average molecular weight is 445 g/mol. The lowest BCUT2D eigenvalue weighted by molar-refractivity contribution is -0.136. The second-order valence-corrected chi connectivity index (χ2v) is 9.43. The highest BCUT2D eigenvalue weighted by molar-refractivity contribution is 7.99. The molecule has 1 atom stereocenters. The molecule has 1 unspecified atom stereocenters. The predicted octanol–water partition coefficient (Wildman–Crippen LogP) is 4.73. The number of aryl methyl sites for hydroxylation is 1. The Kier molecular flexibility index (Phi) is 8.23. The summed E-state index contributed by atoms with van der Waals surface area (Å²) in [4.78, 5) is 27.7. The van der Waals surface area contributed by atoms with Crippen LogP contribution in [0.3, 0.4) is 0 Å². The molecule has 1 fully saturated rings. The third-order valence-corrected chi connectivity index (χ3v) is 7.02. The van der Waals surface area contributed by atoms with E-state index in [9.17, 15) is 9.59 Å². The van der Waals surface area contributed by atoms with Gasteiger partial charge in [-0.05, 0) is 55.4 Å². The molecular weight excluding hydrogens is 416 g/mol. The minimum Gasteiger partial charge on any atom is -0.344 e. The van der Waals surface area contributed by atoms with Crippen LogP contribution in [0, 0.1) is 12.8 Å². The van der Waals surface area contributed by atoms with E-state index < -0.39 is 6.04 Å². The molecule has 0 saturated carbocycles. The van der Waals surface area contributed by atoms with Crippen LogP contribution in [0.2, 0.25) is 5.02 Å². The molecule has 3 rings (SSSR count). The first-order valence-electron chi connectivity index (χ1n) is 10.4. The monoisotopic (exact) mass is 444 g/mol. The summed E-state index contributed by atoms with van der Waals surface area (Å²) in [7, 11) is 0. The molecule has 1 aliphatic heterocycles. The van der Waals surface area contributed by atoms with Crippen LogP contribution in [-0.2, 0) is 16.0 Å². The second-order valence-electron chi connectivity index (χ2n) is 7.93. The number of amides is 2. The first-order chi connectivity index (χ1) is 14.4. The van der Waals surface area contributed by atoms with E-state index in [1.54, 1.807) is 11.8 Å². The minimum absolute atomic E-state index is 0.00840. The lowest BCUT2D eigenvalue weighted by atomic mass is 9.90. The van der Waals surface area contributed by atoms with Crippen LogP contribution < -0.4 is 5.32 Å². The molecule has 1 heterocycles. The van der Waals surface area contributed by atoms with Crippen molar-refractivity contribution < 1.29 is 9.59 Å². The molecule has 4 nitrogen and oxygen atoms in total. The number of thioether (sulfide) groups is 1. The summed E-state index contributed by atoms with van der Waals surface area (Å²) in [5.74, 6) is 0.908. The molecule has 1 saturated heterocycles. The van der Waals surface area contributed by atoms with Crippen LogP contribution in [0.5, 0.6) is 0 Å². The number of piperidine rings is 1. The van der Waals surface area contributed by atoms with Crippen LogP contribution in [0.25, 0.3) is 0 Å². The van der Waals surface area contributed by atoms with Gasteiger partial charge in [-0.25, -0.2) is 0 Å². The van der Waals surface area contributed by atoms with Crippen LogP contribution in [0.15, 0.2) is 53.4 Å². The zero-order valence-corrected chi connectivity index (χ0v) is 19.1. The molecule has 30 heavy (non-hydrogen) atoms. The predicted molar refractivity (Wildman–Crippen MR) is 124 cm³/mol. The van der Waals surface area contributed by atoms with Gasteiger partial charge in [0.2, 0.25) is 11.8 Å². The van der Waals surface area contributed by atoms with Gasteiger partial charge >= 0.3 is 0 Å². The second kappa shape index (κ2) is 10.9. The summed E-state index contributed by atoms with van der Waals surface area (Å²) in [6, 6.07) is 15.9. The lowest BCUT2D eigenvalue weighted by Gasteiger charge is -2.34. The van der Waals surface area contributed by atoms with Crippen molar-refractivity contribution >= 4 is 35.2 Å². The summed E-state index contributed by atoms with van der Waals surface area (Å²) >= 11 is 7.75. The summed E-state index contributed by atoms with van der Waals surface area (Å²) in [6.07, 6.45) is 3.05. The van der Waals surface area contributed by atoms with E-state index in [2.05, 4.69) is 29.6 Å². The number of nitrogens with zero attached hydrogens (tertiary/aromatic N) is 1. The molecule has 1 aliphatic rings. The molecule has 0 aromatic heterocycles. The van der Waals surface area contributed by atoms with E-state index in [1.165, 1.54) is 12.5 Å². The number of benzene rings is 2. The van der Waals surface area contributed by atoms with Crippen molar-refractivity contribution in [2.45, 2.75) is 44.0 Å². The quantitative estimate of drug-likeness (QED) is 0.628. The van der Waals surface area contributed by atoms with Crippen LogP contribution in [0.4, 0.5) is 0 Å². The number of nitrogens with one attached hydrogen (secondary N) is 1. The van der Waals surface area contributed by atoms with Crippen LogP contribution >= 0.6 is 23.4 Å². The zero-order valence-electron chi connectivity index (χ0n) is 17.6. The highest BCUT2D eigenvalue weighted by Crippen LogP contribution is 2.26. The maximum absolute atomic E-state index is 13.1. The smallest absolute Gasteiger partial charge is 0.246 e. The Bertz CT molecular complexity index is 867. The number of carbonyl (C=O) groups is 2. The van der Waals surface area contributed by atoms with E-state index >= 15 is 0 Å². The summed E-state index contributed by atoms with van der Waals surface area (Å²) in [5.41, 5.74) is 2.38. The van der Waals surface area contributed by atoms with Gasteiger partial charge in [0, 0.05) is 35.7 Å². The number of hydrogen-bond donors (Lipinski definition) is 1. The summed E-state index contributed by atoms with van der Waals surface area (Å²) < 4.78 is 0. The van der Waals surface area contributed by atoms with E-state index in [0.29, 0.717) is 16.7 Å². The van der Waals surface area contributed by atoms with Gasteiger partial charge in [0.25, 0.3) is 0 Å². The van der Waals surface area contributed by atoms with Crippen molar-refractivity contribution in [3.8, 4) is 0 Å². The molecule has 0 aliphatic carbocycles. The molecule has 6 heteroatoms. The Morgan fingerprint density at radius 3 is 2.50 bits per heavy atom. The fourth-order valence-corrected chi connectivity index (χ4v) is 4.98. The number of carbonyl (C=O) groups excluding carboxylic acids is 2. The van der Waals surface area contributed by atoms with Gasteiger partial charge in [0.1, 0.15) is 6.04 Å². The first-order valence-corrected chi connectivity index (χ1v) is 11.8. The van der Waals surface area contributed by atoms with E-state index in [1.807, 2.05) is 36.1 Å². The number of hydrogen-bond acceptors (Lipinski definition) is 3. The van der Waals surface area contributed by atoms with Crippen molar-refractivity contribution in [2.24, 2.45) is 5.92 Å². The molecule has 0 bridgehead atoms. The van der Waals surface area contributed by atoms with Crippen molar-refractivity contribution in [3.05, 3.63) is 64.7 Å². The average Bonchev–Trinajstić information content (AvgIpc) is 2.74. The molecule has 1 N–H and O–H groups in total. The topological polar surface area (TPSA) is 49.4 Å². The lowest BCUT2D eigenvalue weighted by Crippen LogP contribution is -2.51. The summed E-state index contributed by atoms with van der Waals surface area (Å²) in [6.45, 7) is 4.91. The maximum atomic E-state index is 13.1.